The Morgan fingerprint density at radius 3 is 2.85 bits per heavy atom. The van der Waals surface area contributed by atoms with Gasteiger partial charge < -0.3 is 4.57 Å². The summed E-state index contributed by atoms with van der Waals surface area (Å²) in [7, 11) is 2.09. The molecule has 1 aromatic carbocycles. The molecular formula is C11H12BrN. The molecule has 1 aromatic heterocycles. The molecule has 0 N–H and O–H groups in total. The standard InChI is InChI=1S/C11H12BrN/c1-3-8-7-13(2)11-9(8)5-4-6-10(11)12/h4-7H,3H2,1-2H3. The molecule has 2 aromatic rings. The molecule has 0 saturated heterocycles. The number of benzene rings is 1. The molecule has 0 fully saturated rings. The second-order valence-electron chi connectivity index (χ2n) is 3.25. The van der Waals surface area contributed by atoms with Crippen molar-refractivity contribution in [3.63, 3.8) is 0 Å². The fourth-order valence-electron chi connectivity index (χ4n) is 1.78. The number of aryl methyl sites for hydroxylation is 2. The first-order chi connectivity index (χ1) is 6.24. The van der Waals surface area contributed by atoms with Gasteiger partial charge in [0.15, 0.2) is 0 Å². The summed E-state index contributed by atoms with van der Waals surface area (Å²) >= 11 is 3.57. The molecular weight excluding hydrogens is 226 g/mol. The topological polar surface area (TPSA) is 4.93 Å². The maximum absolute atomic E-state index is 3.57. The minimum atomic E-state index is 1.09. The third kappa shape index (κ3) is 1.29. The quantitative estimate of drug-likeness (QED) is 0.716. The minimum absolute atomic E-state index is 1.09. The van der Waals surface area contributed by atoms with Crippen molar-refractivity contribution in [3.05, 3.63) is 34.4 Å². The number of nitrogens with zero attached hydrogens (tertiary/aromatic N) is 1. The van der Waals surface area contributed by atoms with Crippen LogP contribution in [-0.2, 0) is 13.5 Å². The predicted molar refractivity (Wildman–Crippen MR) is 60.0 cm³/mol. The molecule has 0 saturated carbocycles. The van der Waals surface area contributed by atoms with Crippen LogP contribution in [0.25, 0.3) is 10.9 Å². The zero-order valence-corrected chi connectivity index (χ0v) is 9.43. The summed E-state index contributed by atoms with van der Waals surface area (Å²) in [5.74, 6) is 0. The molecule has 0 aliphatic rings. The largest absolute Gasteiger partial charge is 0.349 e. The first kappa shape index (κ1) is 8.82. The van der Waals surface area contributed by atoms with Gasteiger partial charge in [0.1, 0.15) is 0 Å². The Labute approximate surface area is 86.5 Å². The van der Waals surface area contributed by atoms with E-state index in [2.05, 4.69) is 58.9 Å². The molecule has 2 heteroatoms. The highest BCUT2D eigenvalue weighted by atomic mass is 79.9. The van der Waals surface area contributed by atoms with E-state index in [1.807, 2.05) is 0 Å². The molecule has 0 radical (unpaired) electrons. The zero-order chi connectivity index (χ0) is 9.42. The third-order valence-corrected chi connectivity index (χ3v) is 3.06. The van der Waals surface area contributed by atoms with Crippen molar-refractivity contribution in [3.8, 4) is 0 Å². The van der Waals surface area contributed by atoms with Crippen LogP contribution in [0.2, 0.25) is 0 Å². The maximum atomic E-state index is 3.57. The van der Waals surface area contributed by atoms with E-state index in [0.717, 1.165) is 6.42 Å². The van der Waals surface area contributed by atoms with Gasteiger partial charge in [0.25, 0.3) is 0 Å². The summed E-state index contributed by atoms with van der Waals surface area (Å²) in [4.78, 5) is 0. The van der Waals surface area contributed by atoms with Crippen LogP contribution in [0.3, 0.4) is 0 Å². The number of fused-ring (bicyclic) bond motifs is 1. The molecule has 0 bridgehead atoms. The van der Waals surface area contributed by atoms with Gasteiger partial charge in [-0.1, -0.05) is 19.1 Å². The van der Waals surface area contributed by atoms with Gasteiger partial charge in [-0.05, 0) is 34.0 Å². The van der Waals surface area contributed by atoms with E-state index in [4.69, 9.17) is 0 Å². The molecule has 0 unspecified atom stereocenters. The molecule has 13 heavy (non-hydrogen) atoms. The molecule has 0 aliphatic carbocycles. The van der Waals surface area contributed by atoms with Crippen LogP contribution in [0.5, 0.6) is 0 Å². The van der Waals surface area contributed by atoms with Crippen LogP contribution >= 0.6 is 15.9 Å². The van der Waals surface area contributed by atoms with Crippen LogP contribution in [0.4, 0.5) is 0 Å². The van der Waals surface area contributed by atoms with Gasteiger partial charge in [0, 0.05) is 23.1 Å². The number of aromatic nitrogens is 1. The first-order valence-electron chi connectivity index (χ1n) is 4.46. The highest BCUT2D eigenvalue weighted by Gasteiger charge is 2.06. The summed E-state index contributed by atoms with van der Waals surface area (Å²) in [6, 6.07) is 6.35. The molecule has 2 rings (SSSR count). The number of halogens is 1. The fraction of sp³-hybridized carbons (Fsp3) is 0.273. The van der Waals surface area contributed by atoms with Gasteiger partial charge >= 0.3 is 0 Å². The predicted octanol–water partition coefficient (Wildman–Crippen LogP) is 3.50. The van der Waals surface area contributed by atoms with Crippen LogP contribution in [-0.4, -0.2) is 4.57 Å². The Balaban J connectivity index is 2.87. The van der Waals surface area contributed by atoms with Gasteiger partial charge in [0.05, 0.1) is 5.52 Å². The van der Waals surface area contributed by atoms with E-state index >= 15 is 0 Å². The van der Waals surface area contributed by atoms with Crippen LogP contribution in [0.15, 0.2) is 28.9 Å². The minimum Gasteiger partial charge on any atom is -0.349 e. The van der Waals surface area contributed by atoms with Gasteiger partial charge in [0.2, 0.25) is 0 Å². The lowest BCUT2D eigenvalue weighted by atomic mass is 10.1. The average molecular weight is 238 g/mol. The highest BCUT2D eigenvalue weighted by molar-refractivity contribution is 9.10. The van der Waals surface area contributed by atoms with E-state index < -0.39 is 0 Å². The molecule has 1 heterocycles. The number of hydrogen-bond donors (Lipinski definition) is 0. The van der Waals surface area contributed by atoms with Crippen LogP contribution in [0.1, 0.15) is 12.5 Å². The maximum Gasteiger partial charge on any atom is 0.0624 e. The second kappa shape index (κ2) is 3.18. The number of para-hydroxylation sites is 1. The SMILES string of the molecule is CCc1cn(C)c2c(Br)cccc12. The molecule has 1 nitrogen and oxygen atoms in total. The Bertz CT molecular complexity index is 443. The first-order valence-corrected chi connectivity index (χ1v) is 5.25. The van der Waals surface area contributed by atoms with E-state index in [0.29, 0.717) is 0 Å². The second-order valence-corrected chi connectivity index (χ2v) is 4.11. The van der Waals surface area contributed by atoms with Gasteiger partial charge in [-0.3, -0.25) is 0 Å². The molecule has 0 amide bonds. The monoisotopic (exact) mass is 237 g/mol. The Morgan fingerprint density at radius 1 is 1.38 bits per heavy atom. The molecule has 0 atom stereocenters. The van der Waals surface area contributed by atoms with E-state index in [1.165, 1.54) is 20.9 Å². The van der Waals surface area contributed by atoms with Gasteiger partial charge in [-0.25, -0.2) is 0 Å². The smallest absolute Gasteiger partial charge is 0.0624 e. The van der Waals surface area contributed by atoms with E-state index in [-0.39, 0.29) is 0 Å². The van der Waals surface area contributed by atoms with Crippen molar-refractivity contribution < 1.29 is 0 Å². The summed E-state index contributed by atoms with van der Waals surface area (Å²) in [6.45, 7) is 2.19. The van der Waals surface area contributed by atoms with Crippen molar-refractivity contribution in [1.29, 1.82) is 0 Å². The lowest BCUT2D eigenvalue weighted by molar-refractivity contribution is 0.952. The molecule has 0 spiro atoms. The number of rotatable bonds is 1. The zero-order valence-electron chi connectivity index (χ0n) is 7.84. The summed E-state index contributed by atoms with van der Waals surface area (Å²) in [6.07, 6.45) is 3.29. The van der Waals surface area contributed by atoms with Crippen molar-refractivity contribution in [1.82, 2.24) is 4.57 Å². The lowest BCUT2D eigenvalue weighted by Crippen LogP contribution is -1.83. The average Bonchev–Trinajstić information content (AvgIpc) is 2.44. The Kier molecular flexibility index (Phi) is 2.16. The summed E-state index contributed by atoms with van der Waals surface area (Å²) in [5.41, 5.74) is 2.71. The van der Waals surface area contributed by atoms with Crippen molar-refractivity contribution >= 4 is 26.8 Å². The van der Waals surface area contributed by atoms with Gasteiger partial charge in [-0.2, -0.15) is 0 Å². The van der Waals surface area contributed by atoms with E-state index in [1.54, 1.807) is 0 Å². The van der Waals surface area contributed by atoms with Crippen LogP contribution < -0.4 is 0 Å². The summed E-state index contributed by atoms with van der Waals surface area (Å²) in [5, 5.41) is 1.36. The summed E-state index contributed by atoms with van der Waals surface area (Å²) < 4.78 is 3.35. The third-order valence-electron chi connectivity index (χ3n) is 2.42. The normalized spacial score (nSPS) is 11.0. The van der Waals surface area contributed by atoms with Crippen molar-refractivity contribution in [2.45, 2.75) is 13.3 Å². The molecule has 68 valence electrons. The van der Waals surface area contributed by atoms with Crippen molar-refractivity contribution in [2.24, 2.45) is 7.05 Å². The number of hydrogen-bond acceptors (Lipinski definition) is 0. The van der Waals surface area contributed by atoms with E-state index in [9.17, 15) is 0 Å². The Hall–Kier alpha value is -0.760. The highest BCUT2D eigenvalue weighted by Crippen LogP contribution is 2.27. The molecule has 0 aliphatic heterocycles. The lowest BCUT2D eigenvalue weighted by Gasteiger charge is -1.98. The fourth-order valence-corrected chi connectivity index (χ4v) is 2.43. The van der Waals surface area contributed by atoms with Gasteiger partial charge in [-0.15, -0.1) is 0 Å². The Morgan fingerprint density at radius 2 is 2.15 bits per heavy atom. The van der Waals surface area contributed by atoms with Crippen molar-refractivity contribution in [2.75, 3.05) is 0 Å². The van der Waals surface area contributed by atoms with Crippen LogP contribution in [0, 0.1) is 0 Å².